The highest BCUT2D eigenvalue weighted by Crippen LogP contribution is 2.41. The van der Waals surface area contributed by atoms with Gasteiger partial charge < -0.3 is 33.0 Å². The molecule has 1 fully saturated rings. The molecule has 1 atom stereocenters. The molecule has 36 heavy (non-hydrogen) atoms. The van der Waals surface area contributed by atoms with E-state index < -0.39 is 11.9 Å². The summed E-state index contributed by atoms with van der Waals surface area (Å²) in [5, 5.41) is 7.97. The fourth-order valence-corrected chi connectivity index (χ4v) is 3.89. The number of ether oxygens (including phenoxy) is 5. The summed E-state index contributed by atoms with van der Waals surface area (Å²) in [5.41, 5.74) is 1.24. The van der Waals surface area contributed by atoms with Gasteiger partial charge in [0.2, 0.25) is 17.5 Å². The Hall–Kier alpha value is -4.28. The molecule has 1 amide bonds. The molecular weight excluding hydrogens is 470 g/mol. The van der Waals surface area contributed by atoms with E-state index in [1.807, 2.05) is 6.92 Å². The Morgan fingerprint density at radius 1 is 1.06 bits per heavy atom. The van der Waals surface area contributed by atoms with Crippen LogP contribution < -0.4 is 23.8 Å². The van der Waals surface area contributed by atoms with Crippen LogP contribution in [-0.4, -0.2) is 56.6 Å². The van der Waals surface area contributed by atoms with Crippen LogP contribution in [0.15, 0.2) is 40.8 Å². The van der Waals surface area contributed by atoms with E-state index in [2.05, 4.69) is 10.2 Å². The summed E-state index contributed by atoms with van der Waals surface area (Å²) in [5.74, 6) is 1.06. The van der Waals surface area contributed by atoms with Crippen molar-refractivity contribution in [3.05, 3.63) is 42.3 Å². The van der Waals surface area contributed by atoms with Crippen molar-refractivity contribution in [2.45, 2.75) is 20.0 Å². The average molecular weight is 498 g/mol. The number of nitrogens with zero attached hydrogens (tertiary/aromatic N) is 3. The molecule has 0 radical (unpaired) electrons. The topological polar surface area (TPSA) is 122 Å². The van der Waals surface area contributed by atoms with Crippen molar-refractivity contribution in [1.82, 2.24) is 10.2 Å². The number of benzene rings is 2. The van der Waals surface area contributed by atoms with Gasteiger partial charge in [0.15, 0.2) is 18.1 Å². The van der Waals surface area contributed by atoms with Crippen molar-refractivity contribution >= 4 is 17.6 Å². The van der Waals surface area contributed by atoms with Gasteiger partial charge in [0.25, 0.3) is 5.89 Å². The number of rotatable bonds is 10. The van der Waals surface area contributed by atoms with Crippen molar-refractivity contribution in [3.63, 3.8) is 0 Å². The predicted octanol–water partition coefficient (Wildman–Crippen LogP) is 3.26. The van der Waals surface area contributed by atoms with Crippen molar-refractivity contribution in [1.29, 1.82) is 0 Å². The van der Waals surface area contributed by atoms with Gasteiger partial charge in [-0.3, -0.25) is 9.59 Å². The first-order valence-electron chi connectivity index (χ1n) is 11.3. The van der Waals surface area contributed by atoms with E-state index in [-0.39, 0.29) is 37.3 Å². The summed E-state index contributed by atoms with van der Waals surface area (Å²) in [6, 6.07) is 10.5. The number of hydrogen-bond donors (Lipinski definition) is 0. The molecule has 11 nitrogen and oxygen atoms in total. The molecule has 3 aromatic rings. The summed E-state index contributed by atoms with van der Waals surface area (Å²) in [4.78, 5) is 26.7. The van der Waals surface area contributed by atoms with Crippen molar-refractivity contribution in [2.75, 3.05) is 39.4 Å². The van der Waals surface area contributed by atoms with E-state index in [9.17, 15) is 9.59 Å². The first kappa shape index (κ1) is 24.8. The second kappa shape index (κ2) is 11.0. The predicted molar refractivity (Wildman–Crippen MR) is 127 cm³/mol. The van der Waals surface area contributed by atoms with E-state index in [1.165, 1.54) is 21.3 Å². The van der Waals surface area contributed by atoms with E-state index >= 15 is 0 Å². The molecule has 1 saturated heterocycles. The van der Waals surface area contributed by atoms with E-state index in [0.29, 0.717) is 40.9 Å². The maximum Gasteiger partial charge on any atom is 0.311 e. The molecule has 190 valence electrons. The average Bonchev–Trinajstić information content (AvgIpc) is 3.54. The van der Waals surface area contributed by atoms with Gasteiger partial charge in [-0.05, 0) is 43.3 Å². The molecular formula is C25H27N3O8. The largest absolute Gasteiger partial charge is 0.494 e. The molecule has 1 aliphatic heterocycles. The third-order valence-corrected chi connectivity index (χ3v) is 5.63. The van der Waals surface area contributed by atoms with Crippen LogP contribution in [0.5, 0.6) is 23.0 Å². The number of carbonyl (C=O) groups excluding carboxylic acids is 2. The molecule has 0 saturated carbocycles. The van der Waals surface area contributed by atoms with Crippen LogP contribution >= 0.6 is 0 Å². The van der Waals surface area contributed by atoms with Gasteiger partial charge in [-0.15, -0.1) is 10.2 Å². The van der Waals surface area contributed by atoms with Gasteiger partial charge in [0, 0.05) is 24.2 Å². The van der Waals surface area contributed by atoms with Crippen molar-refractivity contribution < 1.29 is 37.7 Å². The van der Waals surface area contributed by atoms with Crippen LogP contribution in [0, 0.1) is 5.92 Å². The number of aromatic nitrogens is 2. The highest BCUT2D eigenvalue weighted by Gasteiger charge is 2.36. The lowest BCUT2D eigenvalue weighted by Crippen LogP contribution is -2.26. The highest BCUT2D eigenvalue weighted by molar-refractivity contribution is 5.99. The Morgan fingerprint density at radius 2 is 1.75 bits per heavy atom. The SMILES string of the molecule is CCOc1ccc(N2CC(C(=O)OCc3nnc(-c4cc(OC)c(OC)c(OC)c4)o3)CC2=O)cc1. The quantitative estimate of drug-likeness (QED) is 0.386. The number of hydrogen-bond acceptors (Lipinski definition) is 10. The van der Waals surface area contributed by atoms with Crippen LogP contribution in [0.1, 0.15) is 19.2 Å². The monoisotopic (exact) mass is 497 g/mol. The Bertz CT molecular complexity index is 1200. The minimum absolute atomic E-state index is 0.0621. The summed E-state index contributed by atoms with van der Waals surface area (Å²) in [6.45, 7) is 2.46. The summed E-state index contributed by atoms with van der Waals surface area (Å²) < 4.78 is 32.5. The van der Waals surface area contributed by atoms with E-state index in [1.54, 1.807) is 41.3 Å². The zero-order chi connectivity index (χ0) is 25.7. The summed E-state index contributed by atoms with van der Waals surface area (Å²) >= 11 is 0. The summed E-state index contributed by atoms with van der Waals surface area (Å²) in [7, 11) is 4.52. The molecule has 1 aromatic heterocycles. The molecule has 2 aromatic carbocycles. The first-order chi connectivity index (χ1) is 17.5. The molecule has 11 heteroatoms. The third kappa shape index (κ3) is 5.19. The third-order valence-electron chi connectivity index (χ3n) is 5.63. The van der Waals surface area contributed by atoms with Crippen LogP contribution in [0.2, 0.25) is 0 Å². The lowest BCUT2D eigenvalue weighted by Gasteiger charge is -2.17. The lowest BCUT2D eigenvalue weighted by atomic mass is 10.1. The lowest BCUT2D eigenvalue weighted by molar-refractivity contribution is -0.150. The second-order valence-corrected chi connectivity index (χ2v) is 7.85. The van der Waals surface area contributed by atoms with Gasteiger partial charge in [-0.2, -0.15) is 0 Å². The molecule has 0 aliphatic carbocycles. The fourth-order valence-electron chi connectivity index (χ4n) is 3.89. The Morgan fingerprint density at radius 3 is 2.36 bits per heavy atom. The number of methoxy groups -OCH3 is 3. The van der Waals surface area contributed by atoms with Crippen LogP contribution in [0.3, 0.4) is 0 Å². The maximum atomic E-state index is 12.6. The minimum atomic E-state index is -0.596. The molecule has 1 unspecified atom stereocenters. The molecule has 1 aliphatic rings. The smallest absolute Gasteiger partial charge is 0.311 e. The molecule has 0 N–H and O–H groups in total. The second-order valence-electron chi connectivity index (χ2n) is 7.85. The minimum Gasteiger partial charge on any atom is -0.494 e. The maximum absolute atomic E-state index is 12.6. The van der Waals surface area contributed by atoms with Crippen LogP contribution in [0.25, 0.3) is 11.5 Å². The standard InChI is InChI=1S/C25H27N3O8/c1-5-34-18-8-6-17(7-9-18)28-13-16(12-22(28)29)25(30)35-14-21-26-27-24(36-21)15-10-19(31-2)23(33-4)20(11-15)32-3/h6-11,16H,5,12-14H2,1-4H3. The Labute approximate surface area is 207 Å². The van der Waals surface area contributed by atoms with Gasteiger partial charge in [0.05, 0.1) is 33.9 Å². The zero-order valence-corrected chi connectivity index (χ0v) is 20.5. The summed E-state index contributed by atoms with van der Waals surface area (Å²) in [6.07, 6.45) is 0.0621. The molecule has 4 rings (SSSR count). The van der Waals surface area contributed by atoms with E-state index in [0.717, 1.165) is 0 Å². The van der Waals surface area contributed by atoms with Crippen molar-refractivity contribution in [2.24, 2.45) is 5.92 Å². The Balaban J connectivity index is 1.38. The van der Waals surface area contributed by atoms with Gasteiger partial charge in [-0.25, -0.2) is 0 Å². The van der Waals surface area contributed by atoms with Gasteiger partial charge in [0.1, 0.15) is 5.75 Å². The molecule has 0 spiro atoms. The Kier molecular flexibility index (Phi) is 7.57. The van der Waals surface area contributed by atoms with Gasteiger partial charge in [-0.1, -0.05) is 0 Å². The molecule has 0 bridgehead atoms. The van der Waals surface area contributed by atoms with Crippen LogP contribution in [-0.2, 0) is 20.9 Å². The van der Waals surface area contributed by atoms with Crippen molar-refractivity contribution in [3.8, 4) is 34.5 Å². The number of esters is 1. The van der Waals surface area contributed by atoms with Crippen LogP contribution in [0.4, 0.5) is 5.69 Å². The number of amides is 1. The fraction of sp³-hybridized carbons (Fsp3) is 0.360. The number of anilines is 1. The highest BCUT2D eigenvalue weighted by atomic mass is 16.5. The van der Waals surface area contributed by atoms with Gasteiger partial charge >= 0.3 is 5.97 Å². The van der Waals surface area contributed by atoms with E-state index in [4.69, 9.17) is 28.1 Å². The number of carbonyl (C=O) groups is 2. The first-order valence-corrected chi connectivity index (χ1v) is 11.3. The normalized spacial score (nSPS) is 15.1. The zero-order valence-electron chi connectivity index (χ0n) is 20.5. The molecule has 2 heterocycles.